The fourth-order valence-electron chi connectivity index (χ4n) is 3.56. The Morgan fingerprint density at radius 1 is 0.933 bits per heavy atom. The summed E-state index contributed by atoms with van der Waals surface area (Å²) in [4.78, 5) is 18.3. The van der Waals surface area contributed by atoms with Crippen molar-refractivity contribution >= 4 is 55.6 Å². The van der Waals surface area contributed by atoms with Gasteiger partial charge in [0.15, 0.2) is 0 Å². The highest BCUT2D eigenvalue weighted by Gasteiger charge is 2.27. The third-order valence-electron chi connectivity index (χ3n) is 5.24. The van der Waals surface area contributed by atoms with E-state index in [2.05, 4.69) is 27.4 Å². The molecule has 6 rings (SSSR count). The molecule has 4 aromatic heterocycles. The van der Waals surface area contributed by atoms with E-state index in [-0.39, 0.29) is 0 Å². The van der Waals surface area contributed by atoms with Gasteiger partial charge in [0.1, 0.15) is 5.82 Å². The van der Waals surface area contributed by atoms with Crippen LogP contribution in [0.3, 0.4) is 0 Å². The second-order valence-corrected chi connectivity index (χ2v) is 8.88. The molecular weight excluding hydrogens is 414 g/mol. The number of benzene rings is 1. The van der Waals surface area contributed by atoms with E-state index in [9.17, 15) is 0 Å². The van der Waals surface area contributed by atoms with Gasteiger partial charge in [-0.1, -0.05) is 11.6 Å². The van der Waals surface area contributed by atoms with Crippen molar-refractivity contribution in [1.29, 1.82) is 0 Å². The van der Waals surface area contributed by atoms with Gasteiger partial charge in [-0.3, -0.25) is 9.97 Å². The molecule has 146 valence electrons. The van der Waals surface area contributed by atoms with E-state index in [0.29, 0.717) is 16.8 Å². The monoisotopic (exact) mass is 429 g/mol. The van der Waals surface area contributed by atoms with E-state index in [1.165, 1.54) is 22.5 Å². The molecule has 1 aliphatic carbocycles. The predicted octanol–water partition coefficient (Wildman–Crippen LogP) is 6.58. The second-order valence-electron chi connectivity index (χ2n) is 7.41. The van der Waals surface area contributed by atoms with Crippen LogP contribution in [0.5, 0.6) is 0 Å². The Kier molecular flexibility index (Phi) is 4.14. The highest BCUT2D eigenvalue weighted by Crippen LogP contribution is 2.43. The fourth-order valence-corrected chi connectivity index (χ4v) is 4.98. The summed E-state index contributed by atoms with van der Waals surface area (Å²) in [6.07, 6.45) is 7.75. The zero-order chi connectivity index (χ0) is 20.1. The quantitative estimate of drug-likeness (QED) is 0.349. The van der Waals surface area contributed by atoms with Crippen LogP contribution in [-0.4, -0.2) is 19.9 Å². The molecule has 4 heterocycles. The van der Waals surface area contributed by atoms with Gasteiger partial charge in [-0.25, -0.2) is 9.97 Å². The summed E-state index contributed by atoms with van der Waals surface area (Å²) in [6.45, 7) is 0. The van der Waals surface area contributed by atoms with Gasteiger partial charge in [-0.15, -0.1) is 11.3 Å². The number of nitrogens with one attached hydrogen (secondary N) is 1. The molecule has 0 bridgehead atoms. The van der Waals surface area contributed by atoms with Crippen molar-refractivity contribution in [2.75, 3.05) is 5.32 Å². The summed E-state index contributed by atoms with van der Waals surface area (Å²) in [5.41, 5.74) is 4.59. The SMILES string of the molecule is Clc1ccnc2cc(-c3ccncc3)nc(Nc3ccc4nc(C5CC5)sc4c3)c12. The summed E-state index contributed by atoms with van der Waals surface area (Å²) >= 11 is 8.31. The fraction of sp³-hybridized carbons (Fsp3) is 0.130. The zero-order valence-electron chi connectivity index (χ0n) is 15.8. The number of hydrogen-bond donors (Lipinski definition) is 1. The van der Waals surface area contributed by atoms with Gasteiger partial charge in [0.25, 0.3) is 0 Å². The normalized spacial score (nSPS) is 13.8. The molecule has 5 nitrogen and oxygen atoms in total. The first-order chi connectivity index (χ1) is 14.7. The molecule has 1 N–H and O–H groups in total. The number of anilines is 2. The van der Waals surface area contributed by atoms with E-state index in [0.717, 1.165) is 33.4 Å². The topological polar surface area (TPSA) is 63.6 Å². The number of thiazole rings is 1. The Labute approximate surface area is 181 Å². The van der Waals surface area contributed by atoms with Crippen molar-refractivity contribution in [3.8, 4) is 11.3 Å². The van der Waals surface area contributed by atoms with Crippen LogP contribution < -0.4 is 5.32 Å². The van der Waals surface area contributed by atoms with Crippen LogP contribution in [0, 0.1) is 0 Å². The highest BCUT2D eigenvalue weighted by atomic mass is 35.5. The lowest BCUT2D eigenvalue weighted by molar-refractivity contribution is 1.10. The van der Waals surface area contributed by atoms with Crippen LogP contribution in [0.2, 0.25) is 5.02 Å². The van der Waals surface area contributed by atoms with E-state index >= 15 is 0 Å². The molecule has 0 atom stereocenters. The first-order valence-corrected chi connectivity index (χ1v) is 11.0. The average molecular weight is 430 g/mol. The molecule has 7 heteroatoms. The van der Waals surface area contributed by atoms with Crippen LogP contribution in [0.1, 0.15) is 23.8 Å². The Balaban J connectivity index is 1.47. The first kappa shape index (κ1) is 17.7. The summed E-state index contributed by atoms with van der Waals surface area (Å²) < 4.78 is 1.18. The molecule has 0 unspecified atom stereocenters. The first-order valence-electron chi connectivity index (χ1n) is 9.78. The lowest BCUT2D eigenvalue weighted by Gasteiger charge is -2.12. The van der Waals surface area contributed by atoms with E-state index in [1.54, 1.807) is 36.0 Å². The molecule has 0 saturated heterocycles. The number of fused-ring (bicyclic) bond motifs is 2. The molecule has 5 aromatic rings. The molecule has 0 spiro atoms. The van der Waals surface area contributed by atoms with Crippen LogP contribution in [-0.2, 0) is 0 Å². The number of nitrogens with zero attached hydrogens (tertiary/aromatic N) is 4. The minimum atomic E-state index is 0.617. The largest absolute Gasteiger partial charge is 0.340 e. The van der Waals surface area contributed by atoms with Gasteiger partial charge in [-0.05, 0) is 55.3 Å². The Morgan fingerprint density at radius 3 is 2.63 bits per heavy atom. The van der Waals surface area contributed by atoms with Crippen LogP contribution >= 0.6 is 22.9 Å². The van der Waals surface area contributed by atoms with Crippen LogP contribution in [0.25, 0.3) is 32.4 Å². The van der Waals surface area contributed by atoms with Gasteiger partial charge >= 0.3 is 0 Å². The Hall–Kier alpha value is -3.09. The van der Waals surface area contributed by atoms with Gasteiger partial charge in [-0.2, -0.15) is 0 Å². The van der Waals surface area contributed by atoms with Crippen molar-refractivity contribution in [2.24, 2.45) is 0 Å². The minimum Gasteiger partial charge on any atom is -0.340 e. The number of rotatable bonds is 4. The van der Waals surface area contributed by atoms with Crippen LogP contribution in [0.4, 0.5) is 11.5 Å². The third-order valence-corrected chi connectivity index (χ3v) is 6.74. The molecule has 1 aliphatic rings. The Bertz CT molecular complexity index is 1400. The van der Waals surface area contributed by atoms with Crippen molar-refractivity contribution < 1.29 is 0 Å². The van der Waals surface area contributed by atoms with E-state index < -0.39 is 0 Å². The molecule has 1 fully saturated rings. The molecule has 0 aliphatic heterocycles. The van der Waals surface area contributed by atoms with Crippen LogP contribution in [0.15, 0.2) is 61.1 Å². The smallest absolute Gasteiger partial charge is 0.142 e. The Morgan fingerprint density at radius 2 is 1.80 bits per heavy atom. The molecule has 0 amide bonds. The van der Waals surface area contributed by atoms with E-state index in [1.807, 2.05) is 24.3 Å². The maximum atomic E-state index is 6.53. The van der Waals surface area contributed by atoms with Crippen molar-refractivity contribution in [3.05, 3.63) is 71.1 Å². The molecular formula is C23H16ClN5S. The van der Waals surface area contributed by atoms with Gasteiger partial charge < -0.3 is 5.32 Å². The second kappa shape index (κ2) is 7.00. The summed E-state index contributed by atoms with van der Waals surface area (Å²) in [7, 11) is 0. The van der Waals surface area contributed by atoms with Gasteiger partial charge in [0.2, 0.25) is 0 Å². The lowest BCUT2D eigenvalue weighted by Crippen LogP contribution is -1.98. The summed E-state index contributed by atoms with van der Waals surface area (Å²) in [5, 5.41) is 6.14. The summed E-state index contributed by atoms with van der Waals surface area (Å²) in [6, 6.07) is 13.9. The zero-order valence-corrected chi connectivity index (χ0v) is 17.4. The number of hydrogen-bond acceptors (Lipinski definition) is 6. The molecule has 30 heavy (non-hydrogen) atoms. The standard InChI is InChI=1S/C23H16ClN5S/c24-16-7-10-26-19-12-18(13-5-8-25-9-6-13)28-22(21(16)19)27-15-3-4-17-20(11-15)30-23(29-17)14-1-2-14/h3-12,14H,1-2H2,(H,27,28). The van der Waals surface area contributed by atoms with E-state index in [4.69, 9.17) is 21.6 Å². The van der Waals surface area contributed by atoms with Gasteiger partial charge in [0, 0.05) is 35.8 Å². The molecule has 0 radical (unpaired) electrons. The van der Waals surface area contributed by atoms with Crippen molar-refractivity contribution in [3.63, 3.8) is 0 Å². The summed E-state index contributed by atoms with van der Waals surface area (Å²) in [5.74, 6) is 1.34. The molecule has 1 aromatic carbocycles. The highest BCUT2D eigenvalue weighted by molar-refractivity contribution is 7.18. The predicted molar refractivity (Wildman–Crippen MR) is 123 cm³/mol. The lowest BCUT2D eigenvalue weighted by atomic mass is 10.1. The third kappa shape index (κ3) is 3.18. The maximum absolute atomic E-state index is 6.53. The maximum Gasteiger partial charge on any atom is 0.142 e. The number of aromatic nitrogens is 4. The molecule has 1 saturated carbocycles. The average Bonchev–Trinajstić information content (AvgIpc) is 3.53. The van der Waals surface area contributed by atoms with Crippen molar-refractivity contribution in [1.82, 2.24) is 19.9 Å². The number of halogens is 1. The minimum absolute atomic E-state index is 0.617. The van der Waals surface area contributed by atoms with Gasteiger partial charge in [0.05, 0.1) is 36.8 Å². The van der Waals surface area contributed by atoms with Crippen molar-refractivity contribution in [2.45, 2.75) is 18.8 Å². The number of pyridine rings is 3.